The molecule has 0 saturated carbocycles. The molecule has 1 aromatic carbocycles. The molecule has 1 atom stereocenters. The smallest absolute Gasteiger partial charge is 0.260 e. The average Bonchev–Trinajstić information content (AvgIpc) is 2.85. The summed E-state index contributed by atoms with van der Waals surface area (Å²) in [6, 6.07) is 5.81. The van der Waals surface area contributed by atoms with Crippen molar-refractivity contribution in [2.75, 3.05) is 13.7 Å². The molecule has 0 unspecified atom stereocenters. The van der Waals surface area contributed by atoms with E-state index < -0.39 is 0 Å². The van der Waals surface area contributed by atoms with Gasteiger partial charge >= 0.3 is 0 Å². The quantitative estimate of drug-likeness (QED) is 0.832. The minimum atomic E-state index is -0.0605. The van der Waals surface area contributed by atoms with Crippen LogP contribution in [-0.2, 0) is 4.79 Å². The minimum absolute atomic E-state index is 0.0350. The predicted octanol–water partition coefficient (Wildman–Crippen LogP) is 3.98. The molecule has 2 aromatic rings. The standard InChI is InChI=1S/C18H24N2O2S/c1-11-8-7-9-16(12(11)2)22-10-17(21)20(6)13(3)18-14(4)23-15(5)19-18/h7-9,13H,10H2,1-6H3/t13-/m0/s1. The first-order chi connectivity index (χ1) is 10.8. The number of hydrogen-bond acceptors (Lipinski definition) is 4. The molecule has 1 heterocycles. The van der Waals surface area contributed by atoms with Crippen LogP contribution < -0.4 is 4.74 Å². The summed E-state index contributed by atoms with van der Waals surface area (Å²) in [6.07, 6.45) is 0. The molecule has 0 spiro atoms. The van der Waals surface area contributed by atoms with Crippen molar-refractivity contribution in [3.8, 4) is 5.75 Å². The zero-order valence-electron chi connectivity index (χ0n) is 14.6. The Hall–Kier alpha value is -1.88. The second kappa shape index (κ2) is 7.13. The largest absolute Gasteiger partial charge is 0.483 e. The molecular formula is C18H24N2O2S. The first-order valence-electron chi connectivity index (χ1n) is 7.70. The Morgan fingerprint density at radius 3 is 2.61 bits per heavy atom. The van der Waals surface area contributed by atoms with Crippen LogP contribution in [0.25, 0.3) is 0 Å². The number of hydrogen-bond donors (Lipinski definition) is 0. The maximum atomic E-state index is 12.4. The number of amides is 1. The van der Waals surface area contributed by atoms with E-state index in [4.69, 9.17) is 4.74 Å². The molecule has 0 fully saturated rings. The van der Waals surface area contributed by atoms with Gasteiger partial charge < -0.3 is 9.64 Å². The molecule has 0 saturated heterocycles. The molecule has 5 heteroatoms. The molecule has 4 nitrogen and oxygen atoms in total. The fraction of sp³-hybridized carbons (Fsp3) is 0.444. The van der Waals surface area contributed by atoms with Crippen molar-refractivity contribution in [2.45, 2.75) is 40.7 Å². The van der Waals surface area contributed by atoms with E-state index in [1.807, 2.05) is 52.8 Å². The summed E-state index contributed by atoms with van der Waals surface area (Å²) in [4.78, 5) is 19.8. The predicted molar refractivity (Wildman–Crippen MR) is 94.2 cm³/mol. The average molecular weight is 332 g/mol. The first kappa shape index (κ1) is 17.5. The van der Waals surface area contributed by atoms with Crippen LogP contribution >= 0.6 is 11.3 Å². The molecule has 0 bridgehead atoms. The Bertz CT molecular complexity index is 709. The van der Waals surface area contributed by atoms with E-state index in [2.05, 4.69) is 4.98 Å². The molecule has 23 heavy (non-hydrogen) atoms. The van der Waals surface area contributed by atoms with Crippen LogP contribution in [-0.4, -0.2) is 29.4 Å². The summed E-state index contributed by atoms with van der Waals surface area (Å²) in [5.41, 5.74) is 3.20. The van der Waals surface area contributed by atoms with Gasteiger partial charge in [0, 0.05) is 11.9 Å². The van der Waals surface area contributed by atoms with Gasteiger partial charge in [-0.2, -0.15) is 0 Å². The Labute approximate surface area is 142 Å². The molecule has 124 valence electrons. The molecule has 1 aromatic heterocycles. The molecule has 1 amide bonds. The second-order valence-corrected chi connectivity index (χ2v) is 7.25. The van der Waals surface area contributed by atoms with E-state index in [0.717, 1.165) is 32.5 Å². The van der Waals surface area contributed by atoms with Gasteiger partial charge in [-0.15, -0.1) is 11.3 Å². The number of aromatic nitrogens is 1. The zero-order chi connectivity index (χ0) is 17.1. The van der Waals surface area contributed by atoms with E-state index in [0.29, 0.717) is 0 Å². The highest BCUT2D eigenvalue weighted by molar-refractivity contribution is 7.11. The van der Waals surface area contributed by atoms with Crippen LogP contribution in [0.5, 0.6) is 5.75 Å². The lowest BCUT2D eigenvalue weighted by Gasteiger charge is -2.24. The highest BCUT2D eigenvalue weighted by Gasteiger charge is 2.22. The van der Waals surface area contributed by atoms with Crippen LogP contribution in [0.2, 0.25) is 0 Å². The van der Waals surface area contributed by atoms with E-state index in [9.17, 15) is 4.79 Å². The molecule has 0 aliphatic rings. The van der Waals surface area contributed by atoms with Gasteiger partial charge in [0.1, 0.15) is 5.75 Å². The van der Waals surface area contributed by atoms with Gasteiger partial charge in [-0.1, -0.05) is 12.1 Å². The van der Waals surface area contributed by atoms with Crippen molar-refractivity contribution >= 4 is 17.2 Å². The normalized spacial score (nSPS) is 12.1. The van der Waals surface area contributed by atoms with Gasteiger partial charge in [0.25, 0.3) is 5.91 Å². The third-order valence-electron chi connectivity index (χ3n) is 4.22. The lowest BCUT2D eigenvalue weighted by atomic mass is 10.1. The number of aryl methyl sites for hydroxylation is 3. The van der Waals surface area contributed by atoms with Crippen LogP contribution in [0.4, 0.5) is 0 Å². The van der Waals surface area contributed by atoms with Gasteiger partial charge in [-0.3, -0.25) is 4.79 Å². The summed E-state index contributed by atoms with van der Waals surface area (Å²) in [6.45, 7) is 10.1. The summed E-state index contributed by atoms with van der Waals surface area (Å²) in [7, 11) is 1.80. The fourth-order valence-corrected chi connectivity index (χ4v) is 3.36. The van der Waals surface area contributed by atoms with Crippen molar-refractivity contribution in [1.82, 2.24) is 9.88 Å². The molecule has 0 radical (unpaired) electrons. The topological polar surface area (TPSA) is 42.4 Å². The Balaban J connectivity index is 2.02. The monoisotopic (exact) mass is 332 g/mol. The van der Waals surface area contributed by atoms with Gasteiger partial charge in [0.15, 0.2) is 6.61 Å². The zero-order valence-corrected chi connectivity index (χ0v) is 15.5. The number of nitrogens with zero attached hydrogens (tertiary/aromatic N) is 2. The molecule has 0 aliphatic heterocycles. The van der Waals surface area contributed by atoms with E-state index in [1.165, 1.54) is 0 Å². The molecule has 0 aliphatic carbocycles. The first-order valence-corrected chi connectivity index (χ1v) is 8.51. The van der Waals surface area contributed by atoms with Crippen LogP contribution in [0.3, 0.4) is 0 Å². The highest BCUT2D eigenvalue weighted by atomic mass is 32.1. The molecular weight excluding hydrogens is 308 g/mol. The number of carbonyl (C=O) groups is 1. The van der Waals surface area contributed by atoms with E-state index in [1.54, 1.807) is 23.3 Å². The summed E-state index contributed by atoms with van der Waals surface area (Å²) >= 11 is 1.66. The van der Waals surface area contributed by atoms with Crippen molar-refractivity contribution in [3.63, 3.8) is 0 Å². The maximum absolute atomic E-state index is 12.4. The number of thiazole rings is 1. The van der Waals surface area contributed by atoms with Gasteiger partial charge in [0.05, 0.1) is 16.7 Å². The summed E-state index contributed by atoms with van der Waals surface area (Å²) in [5.74, 6) is 0.712. The number of carbonyl (C=O) groups excluding carboxylic acids is 1. The minimum Gasteiger partial charge on any atom is -0.483 e. The SMILES string of the molecule is Cc1nc([C@H](C)N(C)C(=O)COc2cccc(C)c2C)c(C)s1. The Kier molecular flexibility index (Phi) is 5.42. The summed E-state index contributed by atoms with van der Waals surface area (Å²) < 4.78 is 5.71. The van der Waals surface area contributed by atoms with Crippen molar-refractivity contribution < 1.29 is 9.53 Å². The van der Waals surface area contributed by atoms with E-state index >= 15 is 0 Å². The Morgan fingerprint density at radius 1 is 1.30 bits per heavy atom. The van der Waals surface area contributed by atoms with Crippen molar-refractivity contribution in [2.24, 2.45) is 0 Å². The fourth-order valence-electron chi connectivity index (χ4n) is 2.45. The van der Waals surface area contributed by atoms with Gasteiger partial charge in [0.2, 0.25) is 0 Å². The van der Waals surface area contributed by atoms with Crippen LogP contribution in [0, 0.1) is 27.7 Å². The lowest BCUT2D eigenvalue weighted by molar-refractivity contribution is -0.134. The number of ether oxygens (including phenoxy) is 1. The third kappa shape index (κ3) is 3.91. The Morgan fingerprint density at radius 2 is 2.00 bits per heavy atom. The maximum Gasteiger partial charge on any atom is 0.260 e. The molecule has 0 N–H and O–H groups in total. The molecule has 2 rings (SSSR count). The van der Waals surface area contributed by atoms with Crippen LogP contribution in [0.1, 0.15) is 39.7 Å². The van der Waals surface area contributed by atoms with Crippen molar-refractivity contribution in [1.29, 1.82) is 0 Å². The van der Waals surface area contributed by atoms with Gasteiger partial charge in [-0.05, 0) is 51.8 Å². The highest BCUT2D eigenvalue weighted by Crippen LogP contribution is 2.26. The van der Waals surface area contributed by atoms with Crippen molar-refractivity contribution in [3.05, 3.63) is 44.9 Å². The second-order valence-electron chi connectivity index (χ2n) is 5.84. The lowest BCUT2D eigenvalue weighted by Crippen LogP contribution is -2.34. The van der Waals surface area contributed by atoms with Gasteiger partial charge in [-0.25, -0.2) is 4.98 Å². The van der Waals surface area contributed by atoms with E-state index in [-0.39, 0.29) is 18.6 Å². The number of rotatable bonds is 5. The number of likely N-dealkylation sites (N-methyl/N-ethyl adjacent to an activating group) is 1. The third-order valence-corrected chi connectivity index (χ3v) is 5.12. The number of benzene rings is 1. The van der Waals surface area contributed by atoms with Crippen LogP contribution in [0.15, 0.2) is 18.2 Å². The summed E-state index contributed by atoms with van der Waals surface area (Å²) in [5, 5.41) is 1.02.